The Hall–Kier alpha value is -2.50. The molecule has 0 saturated carbocycles. The summed E-state index contributed by atoms with van der Waals surface area (Å²) in [7, 11) is 0. The number of rotatable bonds is 3. The smallest absolute Gasteiger partial charge is 0.291 e. The van der Waals surface area contributed by atoms with Crippen molar-refractivity contribution in [1.29, 1.82) is 0 Å². The van der Waals surface area contributed by atoms with Crippen molar-refractivity contribution in [2.45, 2.75) is 12.8 Å². The second-order valence-electron chi connectivity index (χ2n) is 6.06. The third kappa shape index (κ3) is 3.16. The van der Waals surface area contributed by atoms with E-state index in [1.807, 2.05) is 0 Å². The molecule has 2 heterocycles. The highest BCUT2D eigenvalue weighted by molar-refractivity contribution is 6.34. The van der Waals surface area contributed by atoms with Crippen molar-refractivity contribution in [2.75, 3.05) is 16.8 Å². The Balaban J connectivity index is 1.61. The minimum absolute atomic E-state index is 0.0683. The first-order valence-electron chi connectivity index (χ1n) is 8.11. The molecule has 132 valence electrons. The third-order valence-electron chi connectivity index (χ3n) is 4.29. The molecular formula is C19H14Cl2N2O3. The number of benzene rings is 2. The highest BCUT2D eigenvalue weighted by Crippen LogP contribution is 2.31. The number of anilines is 2. The molecule has 1 aromatic heterocycles. The number of hydrogen-bond acceptors (Lipinski definition) is 3. The molecule has 0 bridgehead atoms. The molecule has 1 aliphatic rings. The molecule has 26 heavy (non-hydrogen) atoms. The van der Waals surface area contributed by atoms with E-state index in [1.54, 1.807) is 47.4 Å². The van der Waals surface area contributed by atoms with Crippen LogP contribution >= 0.6 is 23.2 Å². The minimum atomic E-state index is -0.427. The molecule has 2 aromatic carbocycles. The van der Waals surface area contributed by atoms with E-state index in [0.717, 1.165) is 11.8 Å². The van der Waals surface area contributed by atoms with Crippen LogP contribution in [0.1, 0.15) is 23.4 Å². The highest BCUT2D eigenvalue weighted by Gasteiger charge is 2.23. The fourth-order valence-electron chi connectivity index (χ4n) is 3.01. The van der Waals surface area contributed by atoms with Crippen LogP contribution in [0.4, 0.5) is 11.4 Å². The number of nitrogens with zero attached hydrogens (tertiary/aromatic N) is 1. The molecule has 0 spiro atoms. The van der Waals surface area contributed by atoms with E-state index in [2.05, 4.69) is 5.32 Å². The van der Waals surface area contributed by atoms with Crippen LogP contribution in [0.15, 0.2) is 46.9 Å². The van der Waals surface area contributed by atoms with Gasteiger partial charge in [0.2, 0.25) is 5.91 Å². The van der Waals surface area contributed by atoms with Crippen molar-refractivity contribution in [2.24, 2.45) is 0 Å². The molecule has 0 atom stereocenters. The summed E-state index contributed by atoms with van der Waals surface area (Å²) in [6, 6.07) is 11.9. The molecule has 0 radical (unpaired) electrons. The molecule has 3 aromatic rings. The summed E-state index contributed by atoms with van der Waals surface area (Å²) in [4.78, 5) is 26.2. The maximum Gasteiger partial charge on any atom is 0.291 e. The normalized spacial score (nSPS) is 14.2. The van der Waals surface area contributed by atoms with Crippen LogP contribution in [-0.4, -0.2) is 18.4 Å². The van der Waals surface area contributed by atoms with Gasteiger partial charge in [0.15, 0.2) is 5.76 Å². The predicted molar refractivity (Wildman–Crippen MR) is 102 cm³/mol. The van der Waals surface area contributed by atoms with Crippen LogP contribution in [0, 0.1) is 0 Å². The summed E-state index contributed by atoms with van der Waals surface area (Å²) < 4.78 is 5.57. The molecule has 5 nitrogen and oxygen atoms in total. The van der Waals surface area contributed by atoms with Gasteiger partial charge >= 0.3 is 0 Å². The molecule has 1 saturated heterocycles. The molecule has 0 aliphatic carbocycles. The van der Waals surface area contributed by atoms with E-state index in [1.165, 1.54) is 0 Å². The average Bonchev–Trinajstić information content (AvgIpc) is 3.22. The van der Waals surface area contributed by atoms with E-state index in [9.17, 15) is 9.59 Å². The zero-order valence-corrected chi connectivity index (χ0v) is 15.1. The molecule has 1 fully saturated rings. The van der Waals surface area contributed by atoms with E-state index in [0.29, 0.717) is 40.0 Å². The molecule has 0 unspecified atom stereocenters. The number of hydrogen-bond donors (Lipinski definition) is 1. The zero-order valence-electron chi connectivity index (χ0n) is 13.6. The van der Waals surface area contributed by atoms with Crippen molar-refractivity contribution < 1.29 is 14.0 Å². The van der Waals surface area contributed by atoms with Crippen molar-refractivity contribution in [3.05, 3.63) is 58.3 Å². The molecule has 4 rings (SSSR count). The summed E-state index contributed by atoms with van der Waals surface area (Å²) in [6.07, 6.45) is 1.36. The fraction of sp³-hybridized carbons (Fsp3) is 0.158. The van der Waals surface area contributed by atoms with Crippen molar-refractivity contribution in [1.82, 2.24) is 0 Å². The lowest BCUT2D eigenvalue weighted by Crippen LogP contribution is -2.23. The third-order valence-corrected chi connectivity index (χ3v) is 4.85. The fourth-order valence-corrected chi connectivity index (χ4v) is 3.35. The van der Waals surface area contributed by atoms with Gasteiger partial charge in [-0.25, -0.2) is 0 Å². The highest BCUT2D eigenvalue weighted by atomic mass is 35.5. The Morgan fingerprint density at radius 3 is 2.73 bits per heavy atom. The first-order chi connectivity index (χ1) is 12.5. The Morgan fingerprint density at radius 1 is 1.12 bits per heavy atom. The molecule has 1 aliphatic heterocycles. The number of carbonyl (C=O) groups excluding carboxylic acids is 2. The summed E-state index contributed by atoms with van der Waals surface area (Å²) in [5.74, 6) is -0.205. The van der Waals surface area contributed by atoms with E-state index >= 15 is 0 Å². The largest absolute Gasteiger partial charge is 0.451 e. The Bertz CT molecular complexity index is 1030. The van der Waals surface area contributed by atoms with Crippen LogP contribution in [0.3, 0.4) is 0 Å². The van der Waals surface area contributed by atoms with Crippen LogP contribution in [0.25, 0.3) is 11.0 Å². The second-order valence-corrected chi connectivity index (χ2v) is 6.90. The number of amides is 2. The first kappa shape index (κ1) is 16.9. The second kappa shape index (κ2) is 6.67. The Labute approximate surface area is 159 Å². The van der Waals surface area contributed by atoms with Gasteiger partial charge in [-0.05, 0) is 48.9 Å². The van der Waals surface area contributed by atoms with Gasteiger partial charge in [-0.2, -0.15) is 0 Å². The minimum Gasteiger partial charge on any atom is -0.451 e. The zero-order chi connectivity index (χ0) is 18.3. The quantitative estimate of drug-likeness (QED) is 0.677. The molecule has 7 heteroatoms. The lowest BCUT2D eigenvalue weighted by molar-refractivity contribution is -0.117. The van der Waals surface area contributed by atoms with Crippen molar-refractivity contribution in [3.8, 4) is 0 Å². The molecule has 2 amide bonds. The standard InChI is InChI=1S/C19H14Cl2N2O3/c20-12-3-6-16-11(8-12)9-17(26-16)19(25)22-15-10-13(4-5-14(15)21)23-7-1-2-18(23)24/h3-6,8-10H,1-2,7H2,(H,22,25). The van der Waals surface area contributed by atoms with E-state index in [4.69, 9.17) is 27.6 Å². The topological polar surface area (TPSA) is 62.6 Å². The van der Waals surface area contributed by atoms with E-state index in [-0.39, 0.29) is 11.7 Å². The van der Waals surface area contributed by atoms with Gasteiger partial charge in [-0.3, -0.25) is 9.59 Å². The monoisotopic (exact) mass is 388 g/mol. The maximum absolute atomic E-state index is 12.5. The lowest BCUT2D eigenvalue weighted by Gasteiger charge is -2.17. The number of halogens is 2. The number of nitrogens with one attached hydrogen (secondary N) is 1. The number of furan rings is 1. The van der Waals surface area contributed by atoms with Crippen molar-refractivity contribution in [3.63, 3.8) is 0 Å². The Morgan fingerprint density at radius 2 is 1.96 bits per heavy atom. The molecular weight excluding hydrogens is 375 g/mol. The summed E-state index contributed by atoms with van der Waals surface area (Å²) in [6.45, 7) is 0.665. The van der Waals surface area contributed by atoms with Gasteiger partial charge in [-0.15, -0.1) is 0 Å². The maximum atomic E-state index is 12.5. The van der Waals surface area contributed by atoms with Gasteiger partial charge < -0.3 is 14.6 Å². The predicted octanol–water partition coefficient (Wildman–Crippen LogP) is 5.12. The van der Waals surface area contributed by atoms with Gasteiger partial charge in [0.1, 0.15) is 5.58 Å². The van der Waals surface area contributed by atoms with Gasteiger partial charge in [0.05, 0.1) is 10.7 Å². The summed E-state index contributed by atoms with van der Waals surface area (Å²) in [5.41, 5.74) is 1.71. The lowest BCUT2D eigenvalue weighted by atomic mass is 10.2. The van der Waals surface area contributed by atoms with Crippen LogP contribution in [0.2, 0.25) is 10.0 Å². The van der Waals surface area contributed by atoms with Crippen LogP contribution in [-0.2, 0) is 4.79 Å². The number of fused-ring (bicyclic) bond motifs is 1. The van der Waals surface area contributed by atoms with Crippen LogP contribution < -0.4 is 10.2 Å². The van der Waals surface area contributed by atoms with Gasteiger partial charge in [0, 0.05) is 29.1 Å². The van der Waals surface area contributed by atoms with Crippen molar-refractivity contribution >= 4 is 57.4 Å². The number of carbonyl (C=O) groups is 2. The Kier molecular flexibility index (Phi) is 4.34. The van der Waals surface area contributed by atoms with Gasteiger partial charge in [0.25, 0.3) is 5.91 Å². The summed E-state index contributed by atoms with van der Waals surface area (Å²) >= 11 is 12.2. The first-order valence-corrected chi connectivity index (χ1v) is 8.87. The summed E-state index contributed by atoms with van der Waals surface area (Å²) in [5, 5.41) is 4.43. The van der Waals surface area contributed by atoms with Crippen LogP contribution in [0.5, 0.6) is 0 Å². The van der Waals surface area contributed by atoms with E-state index < -0.39 is 5.91 Å². The molecule has 1 N–H and O–H groups in total. The van der Waals surface area contributed by atoms with Gasteiger partial charge in [-0.1, -0.05) is 23.2 Å². The SMILES string of the molecule is O=C(Nc1cc(N2CCCC2=O)ccc1Cl)c1cc2cc(Cl)ccc2o1. The average molecular weight is 389 g/mol.